The summed E-state index contributed by atoms with van der Waals surface area (Å²) in [7, 11) is 0. The van der Waals surface area contributed by atoms with Crippen molar-refractivity contribution in [2.45, 2.75) is 57.9 Å². The van der Waals surface area contributed by atoms with Gasteiger partial charge >= 0.3 is 5.97 Å². The number of pyridine rings is 1. The molecule has 0 aliphatic carbocycles. The van der Waals surface area contributed by atoms with Crippen molar-refractivity contribution in [2.24, 2.45) is 0 Å². The molecule has 2 aromatic carbocycles. The number of aliphatic hydroxyl groups excluding tert-OH is 3. The second-order valence-corrected chi connectivity index (χ2v) is 10.3. The Kier molecular flexibility index (Phi) is 9.09. The number of nitrogens with zero attached hydrogens (tertiary/aromatic N) is 2. The molecule has 9 heteroatoms. The molecule has 0 saturated heterocycles. The Morgan fingerprint density at radius 3 is 2.42 bits per heavy atom. The van der Waals surface area contributed by atoms with Crippen molar-refractivity contribution in [3.8, 4) is 22.4 Å². The second-order valence-electron chi connectivity index (χ2n) is 10.3. The summed E-state index contributed by atoms with van der Waals surface area (Å²) in [6, 6.07) is 13.6. The van der Waals surface area contributed by atoms with E-state index in [9.17, 15) is 29.3 Å². The maximum Gasteiger partial charge on any atom is 0.305 e. The van der Waals surface area contributed by atoms with Crippen LogP contribution in [0, 0.1) is 5.82 Å². The molecule has 1 aliphatic heterocycles. The molecule has 0 saturated carbocycles. The highest BCUT2D eigenvalue weighted by molar-refractivity contribution is 5.87. The van der Waals surface area contributed by atoms with Crippen LogP contribution in [0.5, 0.6) is 0 Å². The predicted molar refractivity (Wildman–Crippen MR) is 148 cm³/mol. The summed E-state index contributed by atoms with van der Waals surface area (Å²) in [5.74, 6) is -2.08. The molecular weight excluding hydrogens is 515 g/mol. The molecule has 40 heavy (non-hydrogen) atoms. The van der Waals surface area contributed by atoms with E-state index in [0.717, 1.165) is 11.1 Å². The molecule has 0 spiro atoms. The standard InChI is InChI=1S/C31H33FN2O6/c1-18(2)30-25(12-11-22(36)13-23(37)14-28(39)40)29(19-7-9-21(32)10-8-19)26-16-34(27(38)17-35)15-20-5-3-4-6-24(20)31(26)33-30/h3-12,18,22-23,35-37H,13-17H2,1-2H3,(H,39,40)/t22-,23-/m1/s1. The molecule has 8 nitrogen and oxygen atoms in total. The van der Waals surface area contributed by atoms with Gasteiger partial charge in [-0.25, -0.2) is 4.39 Å². The van der Waals surface area contributed by atoms with E-state index in [1.165, 1.54) is 18.2 Å². The Bertz CT molecular complexity index is 1420. The van der Waals surface area contributed by atoms with Crippen molar-refractivity contribution < 1.29 is 34.4 Å². The number of benzene rings is 2. The van der Waals surface area contributed by atoms with Crippen molar-refractivity contribution in [2.75, 3.05) is 6.61 Å². The number of aliphatic hydroxyl groups is 3. The number of carbonyl (C=O) groups is 2. The number of halogens is 1. The second kappa shape index (κ2) is 12.5. The first kappa shape index (κ1) is 29.1. The summed E-state index contributed by atoms with van der Waals surface area (Å²) < 4.78 is 14.0. The lowest BCUT2D eigenvalue weighted by Gasteiger charge is -2.24. The van der Waals surface area contributed by atoms with Crippen LogP contribution in [0.1, 0.15) is 55.0 Å². The summed E-state index contributed by atoms with van der Waals surface area (Å²) in [6.07, 6.45) is 0.150. The van der Waals surface area contributed by atoms with Crippen molar-refractivity contribution in [3.05, 3.63) is 82.8 Å². The average molecular weight is 549 g/mol. The number of hydrogen-bond donors (Lipinski definition) is 4. The molecule has 210 valence electrons. The first-order valence-electron chi connectivity index (χ1n) is 13.1. The number of carboxylic acid groups (broad SMARTS) is 1. The van der Waals surface area contributed by atoms with E-state index in [0.29, 0.717) is 33.6 Å². The lowest BCUT2D eigenvalue weighted by molar-refractivity contribution is -0.139. The summed E-state index contributed by atoms with van der Waals surface area (Å²) in [4.78, 5) is 30.3. The maximum atomic E-state index is 14.0. The van der Waals surface area contributed by atoms with Gasteiger partial charge < -0.3 is 25.3 Å². The van der Waals surface area contributed by atoms with Crippen LogP contribution >= 0.6 is 0 Å². The Hall–Kier alpha value is -3.92. The van der Waals surface area contributed by atoms with E-state index >= 15 is 0 Å². The number of fused-ring (bicyclic) bond motifs is 3. The largest absolute Gasteiger partial charge is 0.481 e. The minimum absolute atomic E-state index is 0.0653. The van der Waals surface area contributed by atoms with Crippen molar-refractivity contribution >= 4 is 18.0 Å². The van der Waals surface area contributed by atoms with Crippen LogP contribution in [0.2, 0.25) is 0 Å². The molecule has 0 unspecified atom stereocenters. The minimum Gasteiger partial charge on any atom is -0.481 e. The quantitative estimate of drug-likeness (QED) is 0.317. The lowest BCUT2D eigenvalue weighted by atomic mass is 9.87. The highest BCUT2D eigenvalue weighted by atomic mass is 19.1. The van der Waals surface area contributed by atoms with E-state index in [2.05, 4.69) is 0 Å². The molecule has 4 N–H and O–H groups in total. The number of aliphatic carboxylic acids is 1. The molecule has 3 aromatic rings. The van der Waals surface area contributed by atoms with Gasteiger partial charge in [0.15, 0.2) is 0 Å². The first-order chi connectivity index (χ1) is 19.1. The molecule has 1 aromatic heterocycles. The van der Waals surface area contributed by atoms with Gasteiger partial charge in [0.2, 0.25) is 5.91 Å². The number of carboxylic acids is 1. The van der Waals surface area contributed by atoms with Crippen molar-refractivity contribution in [3.63, 3.8) is 0 Å². The number of carbonyl (C=O) groups excluding carboxylic acids is 1. The molecule has 0 bridgehead atoms. The van der Waals surface area contributed by atoms with Gasteiger partial charge in [0, 0.05) is 36.2 Å². The Morgan fingerprint density at radius 2 is 1.77 bits per heavy atom. The maximum absolute atomic E-state index is 14.0. The molecular formula is C31H33FN2O6. The number of aromatic nitrogens is 1. The number of hydrogen-bond acceptors (Lipinski definition) is 6. The van der Waals surface area contributed by atoms with Crippen LogP contribution in [0.4, 0.5) is 4.39 Å². The van der Waals surface area contributed by atoms with Gasteiger partial charge in [-0.3, -0.25) is 14.6 Å². The Morgan fingerprint density at radius 1 is 1.07 bits per heavy atom. The fourth-order valence-corrected chi connectivity index (χ4v) is 5.06. The molecule has 2 atom stereocenters. The first-order valence-corrected chi connectivity index (χ1v) is 13.1. The third-order valence-electron chi connectivity index (χ3n) is 6.92. The highest BCUT2D eigenvalue weighted by Gasteiger charge is 2.29. The topological polar surface area (TPSA) is 131 Å². The van der Waals surface area contributed by atoms with E-state index in [1.54, 1.807) is 23.1 Å². The SMILES string of the molecule is CC(C)c1nc2c(c(-c3ccc(F)cc3)c1C=C[C@@H](O)C[C@@H](O)CC(=O)O)CN(C(=O)CO)Cc1ccccc1-2. The summed E-state index contributed by atoms with van der Waals surface area (Å²) in [5.41, 5.74) is 5.87. The van der Waals surface area contributed by atoms with Crippen LogP contribution in [0.15, 0.2) is 54.6 Å². The van der Waals surface area contributed by atoms with Gasteiger partial charge in [-0.05, 0) is 34.7 Å². The normalized spacial score (nSPS) is 14.5. The van der Waals surface area contributed by atoms with E-state index in [1.807, 2.05) is 38.1 Å². The zero-order valence-corrected chi connectivity index (χ0v) is 22.4. The van der Waals surface area contributed by atoms with Crippen LogP contribution in [0.3, 0.4) is 0 Å². The lowest BCUT2D eigenvalue weighted by Crippen LogP contribution is -2.32. The zero-order valence-electron chi connectivity index (χ0n) is 22.4. The van der Waals surface area contributed by atoms with Gasteiger partial charge in [0.1, 0.15) is 12.4 Å². The molecule has 2 heterocycles. The van der Waals surface area contributed by atoms with Gasteiger partial charge in [0.05, 0.1) is 30.0 Å². The zero-order chi connectivity index (χ0) is 29.0. The van der Waals surface area contributed by atoms with E-state index in [4.69, 9.17) is 10.1 Å². The third-order valence-corrected chi connectivity index (χ3v) is 6.92. The third kappa shape index (κ3) is 6.44. The number of rotatable bonds is 9. The predicted octanol–water partition coefficient (Wildman–Crippen LogP) is 4.11. The summed E-state index contributed by atoms with van der Waals surface area (Å²) in [6.45, 7) is 3.73. The van der Waals surface area contributed by atoms with Gasteiger partial charge in [-0.1, -0.05) is 62.4 Å². The van der Waals surface area contributed by atoms with Gasteiger partial charge in [-0.2, -0.15) is 0 Å². The van der Waals surface area contributed by atoms with E-state index in [-0.39, 0.29) is 25.4 Å². The average Bonchev–Trinajstić information content (AvgIpc) is 3.07. The van der Waals surface area contributed by atoms with Crippen LogP contribution in [-0.2, 0) is 22.7 Å². The molecule has 0 fully saturated rings. The molecule has 4 rings (SSSR count). The van der Waals surface area contributed by atoms with Crippen molar-refractivity contribution in [1.29, 1.82) is 0 Å². The molecule has 1 aliphatic rings. The smallest absolute Gasteiger partial charge is 0.305 e. The fraction of sp³-hybridized carbons (Fsp3) is 0.323. The molecule has 1 amide bonds. The highest BCUT2D eigenvalue weighted by Crippen LogP contribution is 2.42. The van der Waals surface area contributed by atoms with Crippen LogP contribution in [0.25, 0.3) is 28.5 Å². The van der Waals surface area contributed by atoms with Crippen molar-refractivity contribution in [1.82, 2.24) is 9.88 Å². The fourth-order valence-electron chi connectivity index (χ4n) is 5.06. The monoisotopic (exact) mass is 548 g/mol. The molecule has 0 radical (unpaired) electrons. The van der Waals surface area contributed by atoms with Gasteiger partial charge in [0.25, 0.3) is 0 Å². The van der Waals surface area contributed by atoms with Gasteiger partial charge in [-0.15, -0.1) is 0 Å². The van der Waals surface area contributed by atoms with Crippen LogP contribution in [-0.4, -0.2) is 61.0 Å². The minimum atomic E-state index is -1.22. The Balaban J connectivity index is 1.97. The van der Waals surface area contributed by atoms with E-state index < -0.39 is 42.9 Å². The summed E-state index contributed by atoms with van der Waals surface area (Å²) in [5, 5.41) is 39.2. The number of amides is 1. The van der Waals surface area contributed by atoms with Crippen LogP contribution < -0.4 is 0 Å². The Labute approximate surface area is 232 Å². The summed E-state index contributed by atoms with van der Waals surface area (Å²) >= 11 is 0.